The molecule has 0 fully saturated rings. The van der Waals surface area contributed by atoms with Gasteiger partial charge in [0.1, 0.15) is 5.01 Å². The van der Waals surface area contributed by atoms with Crippen LogP contribution in [0.3, 0.4) is 0 Å². The fourth-order valence-electron chi connectivity index (χ4n) is 2.82. The van der Waals surface area contributed by atoms with Gasteiger partial charge in [-0.1, -0.05) is 49.8 Å². The van der Waals surface area contributed by atoms with Crippen LogP contribution in [0.4, 0.5) is 0 Å². The second-order valence-electron chi connectivity index (χ2n) is 6.55. The Bertz CT molecular complexity index is 896. The number of allylic oxidation sites excluding steroid dienone is 10. The number of amides is 1. The number of aromatic nitrogens is 1. The van der Waals surface area contributed by atoms with Crippen molar-refractivity contribution in [3.63, 3.8) is 0 Å². The molecule has 1 N–H and O–H groups in total. The normalized spacial score (nSPS) is 14.0. The first-order valence-corrected chi connectivity index (χ1v) is 10.5. The lowest BCUT2D eigenvalue weighted by Crippen LogP contribution is -2.05. The lowest BCUT2D eigenvalue weighted by molar-refractivity contribution is -0.113. The molecule has 5 heteroatoms. The second kappa shape index (κ2) is 12.6. The van der Waals surface area contributed by atoms with Crippen molar-refractivity contribution in [2.75, 3.05) is 0 Å². The lowest BCUT2D eigenvalue weighted by Gasteiger charge is -2.11. The number of nitrogens with zero attached hydrogens (tertiary/aromatic N) is 1. The molecule has 0 spiro atoms. The summed E-state index contributed by atoms with van der Waals surface area (Å²) in [6.07, 6.45) is 13.6. The Morgan fingerprint density at radius 1 is 1.31 bits per heavy atom. The van der Waals surface area contributed by atoms with Gasteiger partial charge in [0.05, 0.1) is 5.69 Å². The molecule has 0 aromatic carbocycles. The van der Waals surface area contributed by atoms with Crippen LogP contribution in [0.25, 0.3) is 11.1 Å². The number of hydrogen-bond donors (Lipinski definition) is 1. The topological polar surface area (TPSA) is 59.1 Å². The first-order valence-electron chi connectivity index (χ1n) is 9.60. The third-order valence-electron chi connectivity index (χ3n) is 4.27. The average Bonchev–Trinajstić information content (AvgIpc) is 3.18. The molecule has 4 nitrogen and oxygen atoms in total. The maximum atomic E-state index is 11.8. The van der Waals surface area contributed by atoms with E-state index in [9.17, 15) is 9.59 Å². The molecule has 1 rings (SSSR count). The molecule has 0 radical (unpaired) electrons. The van der Waals surface area contributed by atoms with Gasteiger partial charge in [0.25, 0.3) is 0 Å². The van der Waals surface area contributed by atoms with Crippen molar-refractivity contribution >= 4 is 34.7 Å². The molecule has 0 saturated heterocycles. The molecule has 1 amide bonds. The molecule has 0 bridgehead atoms. The van der Waals surface area contributed by atoms with E-state index in [1.165, 1.54) is 30.0 Å². The van der Waals surface area contributed by atoms with Crippen molar-refractivity contribution in [1.29, 1.82) is 0 Å². The van der Waals surface area contributed by atoms with Crippen LogP contribution in [0.1, 0.15) is 58.2 Å². The monoisotopic (exact) mass is 410 g/mol. The summed E-state index contributed by atoms with van der Waals surface area (Å²) in [7, 11) is 0. The zero-order chi connectivity index (χ0) is 21.8. The quantitative estimate of drug-likeness (QED) is 0.275. The summed E-state index contributed by atoms with van der Waals surface area (Å²) in [5, 5.41) is 5.28. The minimum absolute atomic E-state index is 0.125. The molecule has 1 aromatic heterocycles. The van der Waals surface area contributed by atoms with Crippen molar-refractivity contribution in [2.24, 2.45) is 0 Å². The summed E-state index contributed by atoms with van der Waals surface area (Å²) < 4.78 is 0. The summed E-state index contributed by atoms with van der Waals surface area (Å²) in [4.78, 5) is 27.1. The van der Waals surface area contributed by atoms with Crippen LogP contribution in [-0.2, 0) is 9.59 Å². The molecular weight excluding hydrogens is 380 g/mol. The van der Waals surface area contributed by atoms with Crippen LogP contribution in [-0.4, -0.2) is 17.2 Å². The van der Waals surface area contributed by atoms with E-state index in [-0.39, 0.29) is 5.78 Å². The van der Waals surface area contributed by atoms with Crippen molar-refractivity contribution in [3.8, 4) is 0 Å². The minimum Gasteiger partial charge on any atom is -0.335 e. The Balaban J connectivity index is 3.35. The lowest BCUT2D eigenvalue weighted by atomic mass is 9.95. The standard InChI is InChI=1S/C24H30N2O2S/c1-7-10-12-22(17(4)11-8-2)21(9-3)23-15-29-24(26-23)18(5)13-20(19(6)28)14-25-16-27/h7,9-10,12-16H,1,8,11H2,2-6H3,(H,25,27)/b12-10-,18-13+,20-14+,21-9+,22-17-. The van der Waals surface area contributed by atoms with Gasteiger partial charge in [0.15, 0.2) is 5.78 Å². The maximum absolute atomic E-state index is 11.8. The van der Waals surface area contributed by atoms with Gasteiger partial charge in [-0.25, -0.2) is 4.98 Å². The predicted octanol–water partition coefficient (Wildman–Crippen LogP) is 6.03. The molecule has 0 aliphatic rings. The summed E-state index contributed by atoms with van der Waals surface area (Å²) in [6, 6.07) is 0. The molecule has 154 valence electrons. The molecule has 0 atom stereocenters. The van der Waals surface area contributed by atoms with E-state index in [1.54, 1.807) is 12.2 Å². The summed E-state index contributed by atoms with van der Waals surface area (Å²) in [5.74, 6) is -0.125. The number of carbonyl (C=O) groups excluding carboxylic acids is 2. The van der Waals surface area contributed by atoms with Gasteiger partial charge < -0.3 is 5.32 Å². The first kappa shape index (κ1) is 24.2. The van der Waals surface area contributed by atoms with Crippen molar-refractivity contribution in [1.82, 2.24) is 10.3 Å². The maximum Gasteiger partial charge on any atom is 0.211 e. The van der Waals surface area contributed by atoms with Gasteiger partial charge in [-0.3, -0.25) is 9.59 Å². The third-order valence-corrected chi connectivity index (χ3v) is 5.24. The van der Waals surface area contributed by atoms with E-state index in [1.807, 2.05) is 25.3 Å². The number of rotatable bonds is 11. The highest BCUT2D eigenvalue weighted by molar-refractivity contribution is 7.10. The van der Waals surface area contributed by atoms with E-state index >= 15 is 0 Å². The SMILES string of the molecule is C=C\C=C/C(=C(\C)CCC)C(=C\C)/c1csc(/C(C)=C/C(=C\NC=O)C(C)=O)n1. The zero-order valence-corrected chi connectivity index (χ0v) is 18.7. The van der Waals surface area contributed by atoms with Crippen LogP contribution < -0.4 is 5.32 Å². The highest BCUT2D eigenvalue weighted by Crippen LogP contribution is 2.31. The van der Waals surface area contributed by atoms with E-state index in [0.717, 1.165) is 40.3 Å². The zero-order valence-electron chi connectivity index (χ0n) is 17.9. The Morgan fingerprint density at radius 3 is 2.59 bits per heavy atom. The number of hydrogen-bond acceptors (Lipinski definition) is 4. The molecule has 0 aliphatic heterocycles. The van der Waals surface area contributed by atoms with Crippen LogP contribution >= 0.6 is 11.3 Å². The van der Waals surface area contributed by atoms with E-state index in [4.69, 9.17) is 4.98 Å². The fraction of sp³-hybridized carbons (Fsp3) is 0.292. The second-order valence-corrected chi connectivity index (χ2v) is 7.40. The Labute approximate surface area is 178 Å². The fourth-order valence-corrected chi connectivity index (χ4v) is 3.62. The van der Waals surface area contributed by atoms with Crippen LogP contribution in [0, 0.1) is 0 Å². The molecule has 1 heterocycles. The number of Topliss-reactive ketones (excluding diaryl/α,β-unsaturated/α-hetero) is 1. The molecule has 0 unspecified atom stereocenters. The summed E-state index contributed by atoms with van der Waals surface area (Å²) in [5.41, 5.74) is 5.73. The molecular formula is C24H30N2O2S. The van der Waals surface area contributed by atoms with Crippen LogP contribution in [0.2, 0.25) is 0 Å². The van der Waals surface area contributed by atoms with Gasteiger partial charge >= 0.3 is 0 Å². The summed E-state index contributed by atoms with van der Waals surface area (Å²) >= 11 is 1.53. The number of ketones is 1. The van der Waals surface area contributed by atoms with Crippen molar-refractivity contribution in [3.05, 3.63) is 76.0 Å². The van der Waals surface area contributed by atoms with Crippen molar-refractivity contribution < 1.29 is 9.59 Å². The predicted molar refractivity (Wildman–Crippen MR) is 124 cm³/mol. The average molecular weight is 411 g/mol. The molecule has 0 aliphatic carbocycles. The summed E-state index contributed by atoms with van der Waals surface area (Å²) in [6.45, 7) is 13.5. The Hall–Kier alpha value is -2.79. The largest absolute Gasteiger partial charge is 0.335 e. The van der Waals surface area contributed by atoms with Crippen LogP contribution in [0.5, 0.6) is 0 Å². The van der Waals surface area contributed by atoms with Gasteiger partial charge in [-0.15, -0.1) is 11.3 Å². The van der Waals surface area contributed by atoms with Gasteiger partial charge in [-0.05, 0) is 51.3 Å². The smallest absolute Gasteiger partial charge is 0.211 e. The Morgan fingerprint density at radius 2 is 2.03 bits per heavy atom. The van der Waals surface area contributed by atoms with Gasteiger partial charge in [0, 0.05) is 22.7 Å². The number of thiazole rings is 1. The first-order chi connectivity index (χ1) is 13.9. The number of carbonyl (C=O) groups is 2. The van der Waals surface area contributed by atoms with Crippen molar-refractivity contribution in [2.45, 2.75) is 47.5 Å². The van der Waals surface area contributed by atoms with E-state index in [0.29, 0.717) is 12.0 Å². The number of nitrogens with one attached hydrogen (secondary N) is 1. The molecule has 29 heavy (non-hydrogen) atoms. The van der Waals surface area contributed by atoms with Gasteiger partial charge in [-0.2, -0.15) is 0 Å². The van der Waals surface area contributed by atoms with Crippen LogP contribution in [0.15, 0.2) is 65.3 Å². The highest BCUT2D eigenvalue weighted by atomic mass is 32.1. The van der Waals surface area contributed by atoms with Gasteiger partial charge in [0.2, 0.25) is 6.41 Å². The molecule has 1 aromatic rings. The van der Waals surface area contributed by atoms with E-state index in [2.05, 4.69) is 37.9 Å². The highest BCUT2D eigenvalue weighted by Gasteiger charge is 2.13. The van der Waals surface area contributed by atoms with E-state index < -0.39 is 0 Å². The minimum atomic E-state index is -0.125. The molecule has 0 saturated carbocycles. The third kappa shape index (κ3) is 7.27. The Kier molecular flexibility index (Phi) is 10.6.